The average Bonchev–Trinajstić information content (AvgIpc) is 3.79. The van der Waals surface area contributed by atoms with Crippen molar-refractivity contribution in [1.82, 2.24) is 20.6 Å². The Bertz CT molecular complexity index is 1970. The molecule has 2 amide bonds. The van der Waals surface area contributed by atoms with Crippen LogP contribution in [0.2, 0.25) is 0 Å². The minimum absolute atomic E-state index is 0.00389. The van der Waals surface area contributed by atoms with Crippen LogP contribution in [0.15, 0.2) is 51.5 Å². The Morgan fingerprint density at radius 3 is 2.66 bits per heavy atom. The molecule has 0 fully saturated rings. The summed E-state index contributed by atoms with van der Waals surface area (Å²) >= 11 is 0. The van der Waals surface area contributed by atoms with Crippen LogP contribution < -0.4 is 20.7 Å². The third-order valence-electron chi connectivity index (χ3n) is 9.00. The lowest BCUT2D eigenvalue weighted by Gasteiger charge is -2.32. The number of carbonyl (C=O) groups excluding carboxylic acids is 2. The standard InChI is InChI=1S/C34H33FN6O6/c1-15(2)25(42)29(44)38-22-11-16-6-9-23-20(10-16)34(19-12-17(35)7-8-21(19)39-32(34)46-23)27-24(30-37-18(13-36)14-45-30)40-31(47-27)26(33(3,4)5)41-28(22)43/h6-10,12,14-15,22,25-26,32,39,42H,11H2,1-5H3,(H,38,44)(H,41,43). The van der Waals surface area contributed by atoms with E-state index in [0.29, 0.717) is 28.1 Å². The van der Waals surface area contributed by atoms with E-state index in [9.17, 15) is 20.0 Å². The Labute approximate surface area is 269 Å². The number of carbonyl (C=O) groups is 2. The molecule has 0 saturated carbocycles. The van der Waals surface area contributed by atoms with Crippen LogP contribution in [-0.2, 0) is 21.4 Å². The van der Waals surface area contributed by atoms with Crippen molar-refractivity contribution >= 4 is 17.5 Å². The number of oxazole rings is 2. The van der Waals surface area contributed by atoms with Crippen LogP contribution in [0.3, 0.4) is 0 Å². The fraction of sp³-hybridized carbons (Fsp3) is 0.382. The SMILES string of the molecule is CC(C)C(O)C(=O)NC1Cc2ccc3c(c2)C2(c4cc(F)ccc4NC2O3)c2oc(nc2-c2nc(C#N)co2)C(C(C)(C)C)NC1=O. The second-order valence-corrected chi connectivity index (χ2v) is 13.6. The lowest BCUT2D eigenvalue weighted by molar-refractivity contribution is -0.136. The fourth-order valence-corrected chi connectivity index (χ4v) is 6.57. The molecule has 5 heterocycles. The number of halogens is 1. The molecule has 4 N–H and O–H groups in total. The summed E-state index contributed by atoms with van der Waals surface area (Å²) in [6.45, 7) is 9.09. The van der Waals surface area contributed by atoms with Gasteiger partial charge in [-0.25, -0.2) is 9.37 Å². The molecule has 3 aliphatic heterocycles. The molecule has 12 nitrogen and oxygen atoms in total. The zero-order chi connectivity index (χ0) is 33.4. The topological polar surface area (TPSA) is 176 Å². The van der Waals surface area contributed by atoms with Gasteiger partial charge in [0.2, 0.25) is 23.6 Å². The van der Waals surface area contributed by atoms with E-state index in [-0.39, 0.29) is 41.3 Å². The molecule has 4 bridgehead atoms. The van der Waals surface area contributed by atoms with Gasteiger partial charge in [0, 0.05) is 23.2 Å². The highest BCUT2D eigenvalue weighted by molar-refractivity contribution is 5.90. The maximum absolute atomic E-state index is 15.1. The second kappa shape index (κ2) is 10.7. The van der Waals surface area contributed by atoms with Gasteiger partial charge in [0.15, 0.2) is 23.4 Å². The molecule has 2 aromatic heterocycles. The first kappa shape index (κ1) is 30.4. The summed E-state index contributed by atoms with van der Waals surface area (Å²) in [5, 5.41) is 29.2. The normalized spacial score (nSPS) is 23.3. The van der Waals surface area contributed by atoms with E-state index in [1.54, 1.807) is 32.0 Å². The Hall–Kier alpha value is -5.22. The predicted octanol–water partition coefficient (Wildman–Crippen LogP) is 4.08. The van der Waals surface area contributed by atoms with Gasteiger partial charge in [-0.05, 0) is 41.2 Å². The molecule has 47 heavy (non-hydrogen) atoms. The number of nitrogens with zero attached hydrogens (tertiary/aromatic N) is 3. The molecule has 5 unspecified atom stereocenters. The lowest BCUT2D eigenvalue weighted by Crippen LogP contribution is -2.53. The number of fused-ring (bicyclic) bond motifs is 4. The van der Waals surface area contributed by atoms with Crippen molar-refractivity contribution in [3.05, 3.63) is 82.5 Å². The Morgan fingerprint density at radius 2 is 1.96 bits per heavy atom. The van der Waals surface area contributed by atoms with Gasteiger partial charge in [-0.1, -0.05) is 46.8 Å². The molecule has 0 radical (unpaired) electrons. The van der Waals surface area contributed by atoms with Crippen molar-refractivity contribution in [3.63, 3.8) is 0 Å². The zero-order valence-corrected chi connectivity index (χ0v) is 26.3. The van der Waals surface area contributed by atoms with Gasteiger partial charge >= 0.3 is 0 Å². The van der Waals surface area contributed by atoms with Crippen LogP contribution in [0.1, 0.15) is 74.7 Å². The van der Waals surface area contributed by atoms with Gasteiger partial charge < -0.3 is 34.6 Å². The van der Waals surface area contributed by atoms with Gasteiger partial charge in [0.05, 0.1) is 0 Å². The number of ether oxygens (including phenoxy) is 1. The molecule has 4 aromatic rings. The maximum Gasteiger partial charge on any atom is 0.250 e. The van der Waals surface area contributed by atoms with E-state index in [4.69, 9.17) is 18.6 Å². The van der Waals surface area contributed by atoms with Crippen molar-refractivity contribution in [1.29, 1.82) is 5.26 Å². The third kappa shape index (κ3) is 4.74. The Morgan fingerprint density at radius 1 is 1.17 bits per heavy atom. The summed E-state index contributed by atoms with van der Waals surface area (Å²) in [5.41, 5.74) is 0.576. The highest BCUT2D eigenvalue weighted by Gasteiger charge is 2.61. The van der Waals surface area contributed by atoms with Crippen LogP contribution >= 0.6 is 0 Å². The molecule has 5 atom stereocenters. The highest BCUT2D eigenvalue weighted by Crippen LogP contribution is 2.59. The first-order chi connectivity index (χ1) is 22.3. The lowest BCUT2D eigenvalue weighted by atomic mass is 9.72. The van der Waals surface area contributed by atoms with E-state index in [0.717, 1.165) is 0 Å². The molecular weight excluding hydrogens is 607 g/mol. The van der Waals surface area contributed by atoms with Crippen molar-refractivity contribution < 1.29 is 32.7 Å². The zero-order valence-electron chi connectivity index (χ0n) is 26.3. The predicted molar refractivity (Wildman–Crippen MR) is 164 cm³/mol. The molecule has 13 heteroatoms. The van der Waals surface area contributed by atoms with E-state index in [1.165, 1.54) is 18.4 Å². The highest BCUT2D eigenvalue weighted by atomic mass is 19.1. The molecule has 0 saturated heterocycles. The van der Waals surface area contributed by atoms with Crippen molar-refractivity contribution in [2.24, 2.45) is 11.3 Å². The minimum atomic E-state index is -1.33. The summed E-state index contributed by atoms with van der Waals surface area (Å²) in [5.74, 6) is -1.24. The molecule has 242 valence electrons. The minimum Gasteiger partial charge on any atom is -0.469 e. The quantitative estimate of drug-likeness (QED) is 0.254. The third-order valence-corrected chi connectivity index (χ3v) is 9.00. The monoisotopic (exact) mass is 640 g/mol. The molecule has 3 aliphatic rings. The van der Waals surface area contributed by atoms with Crippen LogP contribution in [0.4, 0.5) is 10.1 Å². The Balaban J connectivity index is 1.51. The van der Waals surface area contributed by atoms with Gasteiger partial charge in [0.25, 0.3) is 0 Å². The Kier molecular flexibility index (Phi) is 6.91. The number of aliphatic hydroxyl groups is 1. The van der Waals surface area contributed by atoms with Crippen molar-refractivity contribution in [2.75, 3.05) is 5.32 Å². The number of nitriles is 1. The number of aromatic nitrogens is 2. The first-order valence-electron chi connectivity index (χ1n) is 15.3. The molecular formula is C34H33FN6O6. The summed E-state index contributed by atoms with van der Waals surface area (Å²) in [7, 11) is 0. The van der Waals surface area contributed by atoms with Gasteiger partial charge in [-0.2, -0.15) is 10.2 Å². The van der Waals surface area contributed by atoms with Gasteiger partial charge in [-0.15, -0.1) is 0 Å². The van der Waals surface area contributed by atoms with Gasteiger partial charge in [0.1, 0.15) is 47.5 Å². The largest absolute Gasteiger partial charge is 0.469 e. The number of aliphatic hydroxyl groups excluding tert-OH is 1. The number of hydrogen-bond acceptors (Lipinski definition) is 10. The molecule has 7 rings (SSSR count). The van der Waals surface area contributed by atoms with Gasteiger partial charge in [-0.3, -0.25) is 9.59 Å². The number of rotatable bonds is 4. The smallest absolute Gasteiger partial charge is 0.250 e. The van der Waals surface area contributed by atoms with Crippen LogP contribution in [0.5, 0.6) is 5.75 Å². The summed E-state index contributed by atoms with van der Waals surface area (Å²) in [4.78, 5) is 36.3. The van der Waals surface area contributed by atoms with E-state index in [1.807, 2.05) is 32.9 Å². The maximum atomic E-state index is 15.1. The van der Waals surface area contributed by atoms with Crippen LogP contribution in [0, 0.1) is 28.5 Å². The summed E-state index contributed by atoms with van der Waals surface area (Å²) in [6, 6.07) is 9.80. The average molecular weight is 641 g/mol. The summed E-state index contributed by atoms with van der Waals surface area (Å²) < 4.78 is 34.0. The number of nitrogens with one attached hydrogen (secondary N) is 3. The number of hydrogen-bond donors (Lipinski definition) is 4. The number of amides is 2. The van der Waals surface area contributed by atoms with Crippen LogP contribution in [-0.4, -0.2) is 45.3 Å². The molecule has 2 aromatic carbocycles. The molecule has 0 aliphatic carbocycles. The van der Waals surface area contributed by atoms with E-state index in [2.05, 4.69) is 20.9 Å². The fourth-order valence-electron chi connectivity index (χ4n) is 6.57. The van der Waals surface area contributed by atoms with Crippen LogP contribution in [0.25, 0.3) is 11.6 Å². The summed E-state index contributed by atoms with van der Waals surface area (Å²) in [6.07, 6.45) is -0.860. The van der Waals surface area contributed by atoms with Crippen molar-refractivity contribution in [3.8, 4) is 23.4 Å². The van der Waals surface area contributed by atoms with Crippen molar-refractivity contribution in [2.45, 2.75) is 70.9 Å². The first-order valence-corrected chi connectivity index (χ1v) is 15.3. The number of anilines is 1. The second-order valence-electron chi connectivity index (χ2n) is 13.6. The molecule has 1 spiro atoms. The van der Waals surface area contributed by atoms with E-state index >= 15 is 4.39 Å². The van der Waals surface area contributed by atoms with E-state index < -0.39 is 52.9 Å². The number of benzene rings is 2.